The van der Waals surface area contributed by atoms with Crippen molar-refractivity contribution in [3.05, 3.63) is 45.5 Å². The Morgan fingerprint density at radius 2 is 2.07 bits per heavy atom. The predicted octanol–water partition coefficient (Wildman–Crippen LogP) is 1.61. The molecule has 1 aromatic rings. The topological polar surface area (TPSA) is 91.7 Å². The Bertz CT molecular complexity index is 782. The van der Waals surface area contributed by atoms with Gasteiger partial charge in [0, 0.05) is 37.3 Å². The summed E-state index contributed by atoms with van der Waals surface area (Å²) in [7, 11) is 0. The summed E-state index contributed by atoms with van der Waals surface area (Å²) >= 11 is 0. The fraction of sp³-hybridized carbons (Fsp3) is 0.550. The van der Waals surface area contributed by atoms with Crippen LogP contribution in [-0.4, -0.2) is 47.9 Å². The van der Waals surface area contributed by atoms with E-state index in [1.165, 1.54) is 12.1 Å². The van der Waals surface area contributed by atoms with Crippen LogP contribution in [0.3, 0.4) is 0 Å². The largest absolute Gasteiger partial charge is 0.456 e. The van der Waals surface area contributed by atoms with Gasteiger partial charge in [0.05, 0.1) is 6.04 Å². The van der Waals surface area contributed by atoms with Crippen LogP contribution >= 0.6 is 0 Å². The van der Waals surface area contributed by atoms with Gasteiger partial charge in [-0.15, -0.1) is 0 Å². The molecule has 0 unspecified atom stereocenters. The lowest BCUT2D eigenvalue weighted by Gasteiger charge is -2.24. The van der Waals surface area contributed by atoms with Gasteiger partial charge in [-0.2, -0.15) is 0 Å². The van der Waals surface area contributed by atoms with Gasteiger partial charge < -0.3 is 15.1 Å². The maximum absolute atomic E-state index is 12.6. The number of nitrogens with one attached hydrogen (secondary N) is 2. The van der Waals surface area contributed by atoms with Gasteiger partial charge in [-0.1, -0.05) is 11.6 Å². The summed E-state index contributed by atoms with van der Waals surface area (Å²) < 4.78 is 5.35. The summed E-state index contributed by atoms with van der Waals surface area (Å²) in [5, 5.41) is 5.85. The number of allylic oxidation sites excluding steroid dienone is 1. The zero-order valence-electron chi connectivity index (χ0n) is 16.7. The van der Waals surface area contributed by atoms with E-state index in [4.69, 9.17) is 4.42 Å². The van der Waals surface area contributed by atoms with E-state index >= 15 is 0 Å². The van der Waals surface area contributed by atoms with Crippen LogP contribution in [0.25, 0.3) is 0 Å². The summed E-state index contributed by atoms with van der Waals surface area (Å²) in [5.74, 6) is -0.0916. The molecule has 1 aliphatic rings. The van der Waals surface area contributed by atoms with Gasteiger partial charge in [0.1, 0.15) is 5.76 Å². The molecule has 0 saturated carbocycles. The van der Waals surface area contributed by atoms with Crippen molar-refractivity contribution in [1.82, 2.24) is 15.5 Å². The number of amides is 2. The van der Waals surface area contributed by atoms with Crippen LogP contribution in [0.5, 0.6) is 0 Å². The van der Waals surface area contributed by atoms with Crippen LogP contribution in [0, 0.1) is 6.92 Å². The molecule has 1 saturated heterocycles. The zero-order valence-corrected chi connectivity index (χ0v) is 16.7. The van der Waals surface area contributed by atoms with E-state index in [2.05, 4.69) is 15.5 Å². The lowest BCUT2D eigenvalue weighted by Crippen LogP contribution is -2.45. The average Bonchev–Trinajstić information content (AvgIpc) is 2.95. The molecule has 2 atom stereocenters. The second-order valence-corrected chi connectivity index (χ2v) is 7.42. The molecule has 0 bridgehead atoms. The molecule has 27 heavy (non-hydrogen) atoms. The molecule has 0 radical (unpaired) electrons. The Hall–Kier alpha value is -2.41. The molecule has 2 rings (SSSR count). The van der Waals surface area contributed by atoms with Crippen LogP contribution in [0.1, 0.15) is 50.4 Å². The van der Waals surface area contributed by atoms with E-state index < -0.39 is 5.91 Å². The molecular formula is C20H29N3O4. The summed E-state index contributed by atoms with van der Waals surface area (Å²) in [6.45, 7) is 10.7. The van der Waals surface area contributed by atoms with Crippen molar-refractivity contribution in [1.29, 1.82) is 0 Å². The highest BCUT2D eigenvalue weighted by Gasteiger charge is 2.37. The summed E-state index contributed by atoms with van der Waals surface area (Å²) in [6, 6.07) is 2.06. The average molecular weight is 375 g/mol. The third-order valence-electron chi connectivity index (χ3n) is 4.53. The van der Waals surface area contributed by atoms with Gasteiger partial charge in [0.15, 0.2) is 11.2 Å². The lowest BCUT2D eigenvalue weighted by atomic mass is 10.1. The molecule has 7 heteroatoms. The van der Waals surface area contributed by atoms with Crippen molar-refractivity contribution in [2.75, 3.05) is 13.1 Å². The second kappa shape index (κ2) is 8.99. The standard InChI is InChI=1S/C20H29N3O4/c1-6-13(4)10-23-11-15(8-17(23)19(25)21-12(2)3)22-20(26)18-9-16(24)7-14(5)27-18/h6-7,9,12,15,17H,8,10-11H2,1-5H3,(H,21,25)(H,22,26)/b13-6+/t15-,17+/m1/s1. The maximum Gasteiger partial charge on any atom is 0.287 e. The minimum Gasteiger partial charge on any atom is -0.456 e. The van der Waals surface area contributed by atoms with E-state index in [0.717, 1.165) is 5.57 Å². The van der Waals surface area contributed by atoms with Crippen molar-refractivity contribution in [2.45, 2.75) is 59.2 Å². The quantitative estimate of drug-likeness (QED) is 0.737. The zero-order chi connectivity index (χ0) is 20.1. The van der Waals surface area contributed by atoms with Gasteiger partial charge in [-0.25, -0.2) is 0 Å². The van der Waals surface area contributed by atoms with Crippen molar-refractivity contribution >= 4 is 11.8 Å². The lowest BCUT2D eigenvalue weighted by molar-refractivity contribution is -0.125. The van der Waals surface area contributed by atoms with Crippen molar-refractivity contribution in [2.24, 2.45) is 0 Å². The molecule has 1 fully saturated rings. The molecule has 2 amide bonds. The fourth-order valence-corrected chi connectivity index (χ4v) is 3.22. The van der Waals surface area contributed by atoms with E-state index in [9.17, 15) is 14.4 Å². The van der Waals surface area contributed by atoms with Gasteiger partial charge in [-0.3, -0.25) is 19.3 Å². The monoisotopic (exact) mass is 375 g/mol. The van der Waals surface area contributed by atoms with Crippen molar-refractivity contribution in [3.63, 3.8) is 0 Å². The number of rotatable bonds is 6. The van der Waals surface area contributed by atoms with Gasteiger partial charge in [0.2, 0.25) is 5.91 Å². The van der Waals surface area contributed by atoms with E-state index in [0.29, 0.717) is 25.3 Å². The molecule has 1 aliphatic heterocycles. The number of carbonyl (C=O) groups is 2. The molecule has 148 valence electrons. The molecule has 7 nitrogen and oxygen atoms in total. The van der Waals surface area contributed by atoms with E-state index in [1.807, 2.05) is 33.8 Å². The first-order chi connectivity index (χ1) is 12.7. The Labute approximate surface area is 159 Å². The fourth-order valence-electron chi connectivity index (χ4n) is 3.22. The number of likely N-dealkylation sites (tertiary alicyclic amines) is 1. The van der Waals surface area contributed by atoms with E-state index in [-0.39, 0.29) is 35.2 Å². The van der Waals surface area contributed by atoms with Crippen LogP contribution in [0.2, 0.25) is 0 Å². The minimum atomic E-state index is -0.437. The predicted molar refractivity (Wildman–Crippen MR) is 104 cm³/mol. The molecule has 0 aliphatic carbocycles. The van der Waals surface area contributed by atoms with Gasteiger partial charge >= 0.3 is 0 Å². The Kier molecular flexibility index (Phi) is 6.96. The number of hydrogen-bond acceptors (Lipinski definition) is 5. The normalized spacial score (nSPS) is 20.7. The number of nitrogens with zero attached hydrogens (tertiary/aromatic N) is 1. The highest BCUT2D eigenvalue weighted by Crippen LogP contribution is 2.20. The smallest absolute Gasteiger partial charge is 0.287 e. The van der Waals surface area contributed by atoms with Crippen LogP contribution < -0.4 is 16.1 Å². The maximum atomic E-state index is 12.6. The highest BCUT2D eigenvalue weighted by atomic mass is 16.3. The number of aryl methyl sites for hydroxylation is 1. The first-order valence-corrected chi connectivity index (χ1v) is 9.28. The minimum absolute atomic E-state index is 0.00809. The van der Waals surface area contributed by atoms with Crippen molar-refractivity contribution < 1.29 is 14.0 Å². The first-order valence-electron chi connectivity index (χ1n) is 9.28. The molecular weight excluding hydrogens is 346 g/mol. The van der Waals surface area contributed by atoms with Crippen LogP contribution in [-0.2, 0) is 4.79 Å². The molecule has 0 aromatic carbocycles. The SMILES string of the molecule is C/C=C(\C)CN1C[C@H](NC(=O)c2cc(=O)cc(C)o2)C[C@H]1C(=O)NC(C)C. The Morgan fingerprint density at radius 3 is 2.67 bits per heavy atom. The van der Waals surface area contributed by atoms with Crippen molar-refractivity contribution in [3.8, 4) is 0 Å². The third kappa shape index (κ3) is 5.79. The molecule has 1 aromatic heterocycles. The van der Waals surface area contributed by atoms with Crippen LogP contribution in [0.4, 0.5) is 0 Å². The number of hydrogen-bond donors (Lipinski definition) is 2. The first kappa shape index (κ1) is 20.9. The summed E-state index contributed by atoms with van der Waals surface area (Å²) in [6.07, 6.45) is 2.53. The summed E-state index contributed by atoms with van der Waals surface area (Å²) in [4.78, 5) is 38.7. The van der Waals surface area contributed by atoms with Crippen LogP contribution in [0.15, 0.2) is 33.0 Å². The second-order valence-electron chi connectivity index (χ2n) is 7.42. The molecule has 2 N–H and O–H groups in total. The molecule has 0 spiro atoms. The summed E-state index contributed by atoms with van der Waals surface area (Å²) in [5.41, 5.74) is 0.892. The van der Waals surface area contributed by atoms with Gasteiger partial charge in [-0.05, 0) is 41.0 Å². The number of carbonyl (C=O) groups excluding carboxylic acids is 2. The molecule has 2 heterocycles. The van der Waals surface area contributed by atoms with Gasteiger partial charge in [0.25, 0.3) is 5.91 Å². The third-order valence-corrected chi connectivity index (χ3v) is 4.53. The Balaban J connectivity index is 2.12. The highest BCUT2D eigenvalue weighted by molar-refractivity contribution is 5.91. The Morgan fingerprint density at radius 1 is 1.37 bits per heavy atom. The van der Waals surface area contributed by atoms with E-state index in [1.54, 1.807) is 6.92 Å².